The molecule has 0 bridgehead atoms. The van der Waals surface area contributed by atoms with E-state index in [9.17, 15) is 8.42 Å². The third-order valence-electron chi connectivity index (χ3n) is 3.02. The molecule has 1 saturated heterocycles. The van der Waals surface area contributed by atoms with E-state index in [0.29, 0.717) is 25.4 Å². The summed E-state index contributed by atoms with van der Waals surface area (Å²) in [5.41, 5.74) is 5.64. The van der Waals surface area contributed by atoms with Crippen molar-refractivity contribution in [2.75, 3.05) is 18.8 Å². The van der Waals surface area contributed by atoms with Gasteiger partial charge in [-0.25, -0.2) is 8.42 Å². The minimum Gasteiger partial charge on any atom is -0.329 e. The first-order valence-corrected chi connectivity index (χ1v) is 7.31. The summed E-state index contributed by atoms with van der Waals surface area (Å²) in [5, 5.41) is 0. The van der Waals surface area contributed by atoms with E-state index in [0.717, 1.165) is 12.8 Å². The minimum absolute atomic E-state index is 0. The Morgan fingerprint density at radius 2 is 2.06 bits per heavy atom. The molecule has 2 unspecified atom stereocenters. The van der Waals surface area contributed by atoms with Crippen molar-refractivity contribution < 1.29 is 8.42 Å². The molecule has 0 aromatic heterocycles. The zero-order valence-corrected chi connectivity index (χ0v) is 11.7. The average Bonchev–Trinajstić information content (AvgIpc) is 2.17. The van der Waals surface area contributed by atoms with Crippen molar-refractivity contribution >= 4 is 22.4 Å². The maximum atomic E-state index is 11.9. The van der Waals surface area contributed by atoms with Crippen molar-refractivity contribution in [2.24, 2.45) is 11.7 Å². The molecule has 1 fully saturated rings. The van der Waals surface area contributed by atoms with Crippen LogP contribution < -0.4 is 5.73 Å². The van der Waals surface area contributed by atoms with Gasteiger partial charge in [0.1, 0.15) is 0 Å². The highest BCUT2D eigenvalue weighted by molar-refractivity contribution is 7.89. The van der Waals surface area contributed by atoms with Gasteiger partial charge in [0.15, 0.2) is 0 Å². The van der Waals surface area contributed by atoms with Crippen molar-refractivity contribution in [2.45, 2.75) is 39.2 Å². The Morgan fingerprint density at radius 1 is 1.44 bits per heavy atom. The molecule has 0 saturated carbocycles. The van der Waals surface area contributed by atoms with E-state index in [2.05, 4.69) is 6.92 Å². The smallest absolute Gasteiger partial charge is 0.214 e. The van der Waals surface area contributed by atoms with Crippen LogP contribution >= 0.6 is 12.4 Å². The highest BCUT2D eigenvalue weighted by atomic mass is 35.5. The molecule has 1 aliphatic rings. The van der Waals surface area contributed by atoms with E-state index >= 15 is 0 Å². The van der Waals surface area contributed by atoms with Crippen LogP contribution in [0.1, 0.15) is 33.1 Å². The Balaban J connectivity index is 0.00000225. The fraction of sp³-hybridized carbons (Fsp3) is 1.00. The third-order valence-corrected chi connectivity index (χ3v) is 5.13. The summed E-state index contributed by atoms with van der Waals surface area (Å²) in [5.74, 6) is 0.837. The largest absolute Gasteiger partial charge is 0.329 e. The number of hydrogen-bond donors (Lipinski definition) is 1. The molecule has 1 heterocycles. The van der Waals surface area contributed by atoms with Crippen molar-refractivity contribution in [3.05, 3.63) is 0 Å². The lowest BCUT2D eigenvalue weighted by molar-refractivity contribution is 0.211. The Kier molecular flexibility index (Phi) is 6.86. The lowest BCUT2D eigenvalue weighted by Crippen LogP contribution is -2.49. The quantitative estimate of drug-likeness (QED) is 0.835. The molecule has 4 nitrogen and oxygen atoms in total. The average molecular weight is 271 g/mol. The number of nitrogens with zero attached hydrogens (tertiary/aromatic N) is 1. The van der Waals surface area contributed by atoms with Gasteiger partial charge in [-0.2, -0.15) is 4.31 Å². The van der Waals surface area contributed by atoms with E-state index < -0.39 is 10.0 Å². The topological polar surface area (TPSA) is 63.4 Å². The Morgan fingerprint density at radius 3 is 2.56 bits per heavy atom. The number of piperidine rings is 1. The van der Waals surface area contributed by atoms with Gasteiger partial charge >= 0.3 is 0 Å². The van der Waals surface area contributed by atoms with Crippen LogP contribution in [0.25, 0.3) is 0 Å². The first-order chi connectivity index (χ1) is 7.01. The summed E-state index contributed by atoms with van der Waals surface area (Å²) >= 11 is 0. The molecule has 2 N–H and O–H groups in total. The first kappa shape index (κ1) is 16.2. The van der Waals surface area contributed by atoms with Crippen molar-refractivity contribution in [3.63, 3.8) is 0 Å². The summed E-state index contributed by atoms with van der Waals surface area (Å²) in [6, 6.07) is 0.0188. The van der Waals surface area contributed by atoms with E-state index in [4.69, 9.17) is 5.73 Å². The maximum absolute atomic E-state index is 11.9. The van der Waals surface area contributed by atoms with Crippen LogP contribution in [0.3, 0.4) is 0 Å². The highest BCUT2D eigenvalue weighted by Gasteiger charge is 2.32. The van der Waals surface area contributed by atoms with Crippen LogP contribution in [-0.2, 0) is 10.0 Å². The van der Waals surface area contributed by atoms with Crippen LogP contribution in [0.5, 0.6) is 0 Å². The van der Waals surface area contributed by atoms with Gasteiger partial charge in [-0.15, -0.1) is 12.4 Å². The maximum Gasteiger partial charge on any atom is 0.214 e. The van der Waals surface area contributed by atoms with Crippen molar-refractivity contribution in [1.82, 2.24) is 4.31 Å². The molecule has 0 radical (unpaired) electrons. The number of halogens is 1. The monoisotopic (exact) mass is 270 g/mol. The molecule has 1 aliphatic heterocycles. The number of rotatable bonds is 4. The number of hydrogen-bond acceptors (Lipinski definition) is 3. The Hall–Kier alpha value is 0.160. The summed E-state index contributed by atoms with van der Waals surface area (Å²) in [6.07, 6.45) is 2.53. The molecule has 16 heavy (non-hydrogen) atoms. The van der Waals surface area contributed by atoms with Crippen LogP contribution in [-0.4, -0.2) is 37.6 Å². The normalized spacial score (nSPS) is 27.4. The molecule has 2 atom stereocenters. The van der Waals surface area contributed by atoms with Crippen molar-refractivity contribution in [1.29, 1.82) is 0 Å². The molecular formula is C10H23ClN2O2S. The van der Waals surface area contributed by atoms with Gasteiger partial charge < -0.3 is 5.73 Å². The highest BCUT2D eigenvalue weighted by Crippen LogP contribution is 2.24. The fourth-order valence-corrected chi connectivity index (χ4v) is 3.95. The second-order valence-electron chi connectivity index (χ2n) is 4.45. The Labute approximate surface area is 105 Å². The molecule has 0 aromatic rings. The van der Waals surface area contributed by atoms with Gasteiger partial charge in [0.05, 0.1) is 5.75 Å². The van der Waals surface area contributed by atoms with Crippen LogP contribution in [0.2, 0.25) is 0 Å². The van der Waals surface area contributed by atoms with E-state index in [1.165, 1.54) is 0 Å². The molecule has 0 aromatic carbocycles. The molecule has 0 spiro atoms. The second-order valence-corrected chi connectivity index (χ2v) is 6.49. The van der Waals surface area contributed by atoms with E-state index in [1.807, 2.05) is 6.92 Å². The van der Waals surface area contributed by atoms with Gasteiger partial charge in [0.25, 0.3) is 0 Å². The van der Waals surface area contributed by atoms with E-state index in [1.54, 1.807) is 4.31 Å². The SMILES string of the molecule is CCCS(=O)(=O)N1CCC(C)CC1CN.Cl. The van der Waals surface area contributed by atoms with Crippen LogP contribution in [0.4, 0.5) is 0 Å². The van der Waals surface area contributed by atoms with Crippen molar-refractivity contribution in [3.8, 4) is 0 Å². The van der Waals surface area contributed by atoms with Gasteiger partial charge in [0, 0.05) is 19.1 Å². The molecule has 1 rings (SSSR count). The van der Waals surface area contributed by atoms with E-state index in [-0.39, 0.29) is 24.2 Å². The van der Waals surface area contributed by atoms with Gasteiger partial charge in [-0.3, -0.25) is 0 Å². The second kappa shape index (κ2) is 6.79. The standard InChI is InChI=1S/C10H22N2O2S.ClH/c1-3-6-15(13,14)12-5-4-9(2)7-10(12)8-11;/h9-10H,3-8,11H2,1-2H3;1H. The molecule has 0 amide bonds. The fourth-order valence-electron chi connectivity index (χ4n) is 2.19. The summed E-state index contributed by atoms with van der Waals surface area (Å²) in [6.45, 7) is 5.13. The predicted molar refractivity (Wildman–Crippen MR) is 69.3 cm³/mol. The number of sulfonamides is 1. The zero-order chi connectivity index (χ0) is 11.5. The summed E-state index contributed by atoms with van der Waals surface area (Å²) < 4.78 is 25.5. The molecule has 98 valence electrons. The molecule has 6 heteroatoms. The van der Waals surface area contributed by atoms with Crippen LogP contribution in [0, 0.1) is 5.92 Å². The third kappa shape index (κ3) is 3.87. The van der Waals surface area contributed by atoms with Gasteiger partial charge in [-0.05, 0) is 25.2 Å². The van der Waals surface area contributed by atoms with Crippen LogP contribution in [0.15, 0.2) is 0 Å². The predicted octanol–water partition coefficient (Wildman–Crippen LogP) is 1.21. The Bertz CT molecular complexity index is 295. The number of nitrogens with two attached hydrogens (primary N) is 1. The van der Waals surface area contributed by atoms with Gasteiger partial charge in [0.2, 0.25) is 10.0 Å². The molecule has 0 aliphatic carbocycles. The zero-order valence-electron chi connectivity index (χ0n) is 10.1. The molecular weight excluding hydrogens is 248 g/mol. The lowest BCUT2D eigenvalue weighted by atomic mass is 9.94. The summed E-state index contributed by atoms with van der Waals surface area (Å²) in [7, 11) is -3.06. The van der Waals surface area contributed by atoms with Gasteiger partial charge in [-0.1, -0.05) is 13.8 Å². The lowest BCUT2D eigenvalue weighted by Gasteiger charge is -2.36. The minimum atomic E-state index is -3.06. The summed E-state index contributed by atoms with van der Waals surface area (Å²) in [4.78, 5) is 0. The first-order valence-electron chi connectivity index (χ1n) is 5.70.